The predicted octanol–water partition coefficient (Wildman–Crippen LogP) is 2.94. The summed E-state index contributed by atoms with van der Waals surface area (Å²) < 4.78 is 12.4. The highest BCUT2D eigenvalue weighted by molar-refractivity contribution is 6.46. The molecule has 9 heteroatoms. The summed E-state index contributed by atoms with van der Waals surface area (Å²) in [5.41, 5.74) is 2.69. The van der Waals surface area contributed by atoms with E-state index in [1.165, 1.54) is 6.20 Å². The standard InChI is InChI=1S/C28H30N4O5/c1-19-23(18-29-32(19)21-6-4-3-5-7-21)26(33)24-25(20-8-10-22(36-2)11-9-20)31(28(35)27(24)34)13-12-30-14-16-37-17-15-30/h3-11,18,25,33H,12-17H2,1-2H3/b26-24-. The van der Waals surface area contributed by atoms with Crippen molar-refractivity contribution in [3.63, 3.8) is 0 Å². The molecule has 5 rings (SSSR count). The van der Waals surface area contributed by atoms with E-state index >= 15 is 0 Å². The maximum Gasteiger partial charge on any atom is 0.295 e. The topological polar surface area (TPSA) is 97.1 Å². The van der Waals surface area contributed by atoms with Crippen LogP contribution in [-0.4, -0.2) is 82.9 Å². The van der Waals surface area contributed by atoms with Crippen molar-refractivity contribution in [2.75, 3.05) is 46.5 Å². The monoisotopic (exact) mass is 502 g/mol. The van der Waals surface area contributed by atoms with Gasteiger partial charge in [0.1, 0.15) is 11.5 Å². The molecule has 2 aromatic carbocycles. The lowest BCUT2D eigenvalue weighted by molar-refractivity contribution is -0.140. The SMILES string of the molecule is COc1ccc(C2/C(=C(/O)c3cnn(-c4ccccc4)c3C)C(=O)C(=O)N2CCN2CCOCC2)cc1. The molecule has 1 N–H and O–H groups in total. The van der Waals surface area contributed by atoms with E-state index in [0.717, 1.165) is 24.3 Å². The summed E-state index contributed by atoms with van der Waals surface area (Å²) in [7, 11) is 1.58. The van der Waals surface area contributed by atoms with Crippen molar-refractivity contribution in [3.8, 4) is 11.4 Å². The number of Topliss-reactive ketones (excluding diaryl/α,β-unsaturated/α-hetero) is 1. The van der Waals surface area contributed by atoms with Crippen molar-refractivity contribution in [1.82, 2.24) is 19.6 Å². The first-order chi connectivity index (χ1) is 18.0. The maximum atomic E-state index is 13.4. The van der Waals surface area contributed by atoms with Gasteiger partial charge in [0, 0.05) is 26.2 Å². The Hall–Kier alpha value is -3.95. The number of hydrogen-bond acceptors (Lipinski definition) is 7. The fraction of sp³-hybridized carbons (Fsp3) is 0.321. The number of morpholine rings is 1. The smallest absolute Gasteiger partial charge is 0.295 e. The third kappa shape index (κ3) is 4.75. The van der Waals surface area contributed by atoms with Gasteiger partial charge in [-0.05, 0) is 36.8 Å². The second-order valence-corrected chi connectivity index (χ2v) is 9.11. The molecular formula is C28H30N4O5. The number of rotatable bonds is 7. The van der Waals surface area contributed by atoms with Gasteiger partial charge in [-0.1, -0.05) is 30.3 Å². The highest BCUT2D eigenvalue weighted by atomic mass is 16.5. The lowest BCUT2D eigenvalue weighted by atomic mass is 9.95. The van der Waals surface area contributed by atoms with E-state index in [4.69, 9.17) is 9.47 Å². The third-order valence-corrected chi connectivity index (χ3v) is 7.00. The Labute approximate surface area is 215 Å². The first kappa shape index (κ1) is 24.7. The number of likely N-dealkylation sites (tertiary alicyclic amines) is 1. The van der Waals surface area contributed by atoms with Gasteiger partial charge >= 0.3 is 0 Å². The minimum Gasteiger partial charge on any atom is -0.507 e. The van der Waals surface area contributed by atoms with Crippen LogP contribution in [0, 0.1) is 6.92 Å². The Morgan fingerprint density at radius 3 is 2.43 bits per heavy atom. The summed E-state index contributed by atoms with van der Waals surface area (Å²) >= 11 is 0. The number of aliphatic hydroxyl groups is 1. The van der Waals surface area contributed by atoms with E-state index < -0.39 is 17.7 Å². The number of aromatic nitrogens is 2. The van der Waals surface area contributed by atoms with Gasteiger partial charge in [0.2, 0.25) is 0 Å². The minimum absolute atomic E-state index is 0.0628. The molecule has 1 unspecified atom stereocenters. The fourth-order valence-electron chi connectivity index (χ4n) is 4.93. The molecule has 2 aliphatic heterocycles. The molecule has 2 aliphatic rings. The molecule has 2 fully saturated rings. The van der Waals surface area contributed by atoms with Crippen LogP contribution in [0.1, 0.15) is 22.9 Å². The Kier molecular flexibility index (Phi) is 7.07. The molecule has 9 nitrogen and oxygen atoms in total. The van der Waals surface area contributed by atoms with Crippen molar-refractivity contribution in [3.05, 3.63) is 83.2 Å². The highest BCUT2D eigenvalue weighted by Crippen LogP contribution is 2.40. The van der Waals surface area contributed by atoms with Crippen LogP contribution in [0.5, 0.6) is 5.75 Å². The Morgan fingerprint density at radius 2 is 1.76 bits per heavy atom. The number of ether oxygens (including phenoxy) is 2. The number of nitrogens with zero attached hydrogens (tertiary/aromatic N) is 4. The second-order valence-electron chi connectivity index (χ2n) is 9.11. The number of carbonyl (C=O) groups is 2. The molecule has 0 radical (unpaired) electrons. The molecule has 1 amide bonds. The van der Waals surface area contributed by atoms with Crippen LogP contribution in [0.3, 0.4) is 0 Å². The van der Waals surface area contributed by atoms with Crippen LogP contribution in [0.2, 0.25) is 0 Å². The van der Waals surface area contributed by atoms with Gasteiger partial charge in [-0.25, -0.2) is 4.68 Å². The molecule has 0 saturated carbocycles. The number of benzene rings is 2. The molecule has 1 atom stereocenters. The molecule has 1 aromatic heterocycles. The zero-order chi connectivity index (χ0) is 25.9. The van der Waals surface area contributed by atoms with Gasteiger partial charge in [-0.2, -0.15) is 5.10 Å². The first-order valence-electron chi connectivity index (χ1n) is 12.3. The lowest BCUT2D eigenvalue weighted by Crippen LogP contribution is -2.42. The van der Waals surface area contributed by atoms with Crippen molar-refractivity contribution >= 4 is 17.4 Å². The van der Waals surface area contributed by atoms with Crippen molar-refractivity contribution in [2.24, 2.45) is 0 Å². The van der Waals surface area contributed by atoms with Crippen LogP contribution < -0.4 is 4.74 Å². The summed E-state index contributed by atoms with van der Waals surface area (Å²) in [4.78, 5) is 30.4. The van der Waals surface area contributed by atoms with Crippen LogP contribution in [0.4, 0.5) is 0 Å². The fourth-order valence-corrected chi connectivity index (χ4v) is 4.93. The number of amides is 1. The van der Waals surface area contributed by atoms with Crippen LogP contribution in [0.25, 0.3) is 11.4 Å². The largest absolute Gasteiger partial charge is 0.507 e. The van der Waals surface area contributed by atoms with Crippen molar-refractivity contribution in [2.45, 2.75) is 13.0 Å². The summed E-state index contributed by atoms with van der Waals surface area (Å²) in [6.07, 6.45) is 1.53. The van der Waals surface area contributed by atoms with E-state index in [1.54, 1.807) is 28.8 Å². The number of hydrogen-bond donors (Lipinski definition) is 1. The van der Waals surface area contributed by atoms with Gasteiger partial charge in [0.25, 0.3) is 11.7 Å². The van der Waals surface area contributed by atoms with E-state index in [-0.39, 0.29) is 11.3 Å². The van der Waals surface area contributed by atoms with Gasteiger partial charge < -0.3 is 19.5 Å². The highest BCUT2D eigenvalue weighted by Gasteiger charge is 2.46. The number of carbonyl (C=O) groups excluding carboxylic acids is 2. The normalized spacial score (nSPS) is 19.9. The van der Waals surface area contributed by atoms with Gasteiger partial charge in [-0.3, -0.25) is 14.5 Å². The van der Waals surface area contributed by atoms with Crippen LogP contribution >= 0.6 is 0 Å². The average Bonchev–Trinajstić information content (AvgIpc) is 3.45. The molecule has 3 heterocycles. The van der Waals surface area contributed by atoms with Gasteiger partial charge in [-0.15, -0.1) is 0 Å². The van der Waals surface area contributed by atoms with E-state index in [2.05, 4.69) is 10.00 Å². The summed E-state index contributed by atoms with van der Waals surface area (Å²) in [5.74, 6) is -0.891. The van der Waals surface area contributed by atoms with Crippen LogP contribution in [0.15, 0.2) is 66.4 Å². The van der Waals surface area contributed by atoms with Gasteiger partial charge in [0.05, 0.1) is 55.1 Å². The van der Waals surface area contributed by atoms with Crippen LogP contribution in [-0.2, 0) is 14.3 Å². The van der Waals surface area contributed by atoms with E-state index in [0.29, 0.717) is 43.3 Å². The maximum absolute atomic E-state index is 13.4. The Morgan fingerprint density at radius 1 is 1.05 bits per heavy atom. The summed E-state index contributed by atoms with van der Waals surface area (Å²) in [6.45, 7) is 5.61. The number of para-hydroxylation sites is 1. The van der Waals surface area contributed by atoms with Crippen molar-refractivity contribution < 1.29 is 24.2 Å². The molecule has 192 valence electrons. The molecular weight excluding hydrogens is 472 g/mol. The Balaban J connectivity index is 1.55. The zero-order valence-electron chi connectivity index (χ0n) is 21.0. The Bertz CT molecular complexity index is 1310. The second kappa shape index (κ2) is 10.6. The predicted molar refractivity (Wildman–Crippen MR) is 138 cm³/mol. The number of methoxy groups -OCH3 is 1. The molecule has 2 saturated heterocycles. The van der Waals surface area contributed by atoms with E-state index in [9.17, 15) is 14.7 Å². The lowest BCUT2D eigenvalue weighted by Gasteiger charge is -2.31. The number of ketones is 1. The molecule has 3 aromatic rings. The zero-order valence-corrected chi connectivity index (χ0v) is 21.0. The third-order valence-electron chi connectivity index (χ3n) is 7.00. The summed E-state index contributed by atoms with van der Waals surface area (Å²) in [6, 6.07) is 16.0. The summed E-state index contributed by atoms with van der Waals surface area (Å²) in [5, 5.41) is 15.9. The number of aliphatic hydroxyl groups excluding tert-OH is 1. The average molecular weight is 503 g/mol. The quantitative estimate of drug-likeness (QED) is 0.301. The van der Waals surface area contributed by atoms with Gasteiger partial charge in [0.15, 0.2) is 0 Å². The molecule has 37 heavy (non-hydrogen) atoms. The van der Waals surface area contributed by atoms with E-state index in [1.807, 2.05) is 49.4 Å². The minimum atomic E-state index is -0.730. The molecule has 0 aliphatic carbocycles. The van der Waals surface area contributed by atoms with Crippen molar-refractivity contribution in [1.29, 1.82) is 0 Å². The molecule has 0 spiro atoms. The first-order valence-corrected chi connectivity index (χ1v) is 12.3. The molecule has 0 bridgehead atoms.